The number of nitrogens with one attached hydrogen (secondary N) is 1. The van der Waals surface area contributed by atoms with Crippen LogP contribution in [0.1, 0.15) is 15.9 Å². The first kappa shape index (κ1) is 15.5. The van der Waals surface area contributed by atoms with Gasteiger partial charge in [0.1, 0.15) is 0 Å². The van der Waals surface area contributed by atoms with Crippen LogP contribution in [0.5, 0.6) is 0 Å². The van der Waals surface area contributed by atoms with Gasteiger partial charge in [-0.05, 0) is 60.5 Å². The summed E-state index contributed by atoms with van der Waals surface area (Å²) in [5, 5.41) is 10.5. The predicted octanol–water partition coefficient (Wildman–Crippen LogP) is 5.75. The Morgan fingerprint density at radius 2 is 1.76 bits per heavy atom. The van der Waals surface area contributed by atoms with Crippen molar-refractivity contribution >= 4 is 28.5 Å². The van der Waals surface area contributed by atoms with Crippen LogP contribution in [0.25, 0.3) is 33.7 Å². The van der Waals surface area contributed by atoms with E-state index in [2.05, 4.69) is 4.98 Å². The Morgan fingerprint density at radius 3 is 2.48 bits per heavy atom. The second-order valence-corrected chi connectivity index (χ2v) is 6.35. The zero-order valence-electron chi connectivity index (χ0n) is 13.3. The van der Waals surface area contributed by atoms with E-state index in [1.54, 1.807) is 24.3 Å². The number of aromatic nitrogens is 1. The molecule has 2 aromatic carbocycles. The predicted molar refractivity (Wildman–Crippen MR) is 98.1 cm³/mol. The summed E-state index contributed by atoms with van der Waals surface area (Å²) in [7, 11) is 0. The number of carboxylic acids is 1. The van der Waals surface area contributed by atoms with Crippen molar-refractivity contribution in [2.45, 2.75) is 6.92 Å². The Morgan fingerprint density at radius 1 is 1.04 bits per heavy atom. The van der Waals surface area contributed by atoms with E-state index in [1.165, 1.54) is 0 Å². The molecule has 0 radical (unpaired) electrons. The molecule has 124 valence electrons. The minimum atomic E-state index is -0.937. The summed E-state index contributed by atoms with van der Waals surface area (Å²) in [6, 6.07) is 16.4. The van der Waals surface area contributed by atoms with Gasteiger partial charge in [0.05, 0.1) is 16.3 Å². The van der Waals surface area contributed by atoms with Gasteiger partial charge < -0.3 is 14.5 Å². The van der Waals surface area contributed by atoms with E-state index in [4.69, 9.17) is 21.1 Å². The monoisotopic (exact) mass is 351 g/mol. The van der Waals surface area contributed by atoms with Crippen LogP contribution in [0.2, 0.25) is 5.02 Å². The van der Waals surface area contributed by atoms with Gasteiger partial charge in [0.25, 0.3) is 0 Å². The molecule has 0 atom stereocenters. The van der Waals surface area contributed by atoms with Crippen molar-refractivity contribution in [1.29, 1.82) is 0 Å². The number of aryl methyl sites for hydroxylation is 1. The number of halogens is 1. The van der Waals surface area contributed by atoms with Gasteiger partial charge in [-0.1, -0.05) is 23.7 Å². The summed E-state index contributed by atoms with van der Waals surface area (Å²) in [5.41, 5.74) is 4.63. The smallest absolute Gasteiger partial charge is 0.335 e. The van der Waals surface area contributed by atoms with Gasteiger partial charge >= 0.3 is 5.97 Å². The topological polar surface area (TPSA) is 66.2 Å². The van der Waals surface area contributed by atoms with Crippen LogP contribution < -0.4 is 0 Å². The summed E-state index contributed by atoms with van der Waals surface area (Å²) < 4.78 is 5.90. The summed E-state index contributed by atoms with van der Waals surface area (Å²) in [4.78, 5) is 14.2. The summed E-state index contributed by atoms with van der Waals surface area (Å²) in [5.74, 6) is -0.232. The quantitative estimate of drug-likeness (QED) is 0.493. The molecule has 0 amide bonds. The third-order valence-electron chi connectivity index (χ3n) is 4.11. The van der Waals surface area contributed by atoms with Crippen LogP contribution in [0.15, 0.2) is 59.0 Å². The third-order valence-corrected chi connectivity index (χ3v) is 4.39. The Labute approximate surface area is 148 Å². The lowest BCUT2D eigenvalue weighted by molar-refractivity contribution is 0.0697. The molecule has 0 aliphatic rings. The van der Waals surface area contributed by atoms with Crippen LogP contribution in [-0.2, 0) is 0 Å². The maximum absolute atomic E-state index is 10.9. The first-order valence-electron chi connectivity index (χ1n) is 7.74. The number of carbonyl (C=O) groups is 1. The second kappa shape index (κ2) is 5.83. The number of benzene rings is 2. The number of H-pyrrole nitrogens is 1. The lowest BCUT2D eigenvalue weighted by Gasteiger charge is -1.99. The molecule has 0 bridgehead atoms. The molecule has 4 rings (SSSR count). The molecule has 2 aromatic heterocycles. The highest BCUT2D eigenvalue weighted by Gasteiger charge is 2.12. The lowest BCUT2D eigenvalue weighted by atomic mass is 10.1. The SMILES string of the molecule is Cc1cc(Cl)c2oc(-c3ccc(-c4ccc(C(=O)O)cc4)[nH]3)cc2c1. The Kier molecular flexibility index (Phi) is 3.62. The molecule has 0 aliphatic heterocycles. The van der Waals surface area contributed by atoms with Gasteiger partial charge in [0.15, 0.2) is 11.3 Å². The van der Waals surface area contributed by atoms with Crippen molar-refractivity contribution < 1.29 is 14.3 Å². The number of carboxylic acid groups (broad SMARTS) is 1. The zero-order chi connectivity index (χ0) is 17.6. The zero-order valence-corrected chi connectivity index (χ0v) is 14.1. The van der Waals surface area contributed by atoms with Gasteiger partial charge in [0, 0.05) is 11.1 Å². The number of furan rings is 1. The average molecular weight is 352 g/mol. The summed E-state index contributed by atoms with van der Waals surface area (Å²) in [6.45, 7) is 1.99. The molecule has 0 spiro atoms. The highest BCUT2D eigenvalue weighted by Crippen LogP contribution is 2.33. The number of aromatic amines is 1. The van der Waals surface area contributed by atoms with Crippen LogP contribution in [0.3, 0.4) is 0 Å². The fourth-order valence-electron chi connectivity index (χ4n) is 2.88. The standard InChI is InChI=1S/C20H14ClNO3/c1-11-8-14-10-18(25-19(14)15(21)9-11)17-7-6-16(22-17)12-2-4-13(5-3-12)20(23)24/h2-10,22H,1H3,(H,23,24). The minimum Gasteiger partial charge on any atom is -0.478 e. The number of hydrogen-bond acceptors (Lipinski definition) is 2. The Bertz CT molecular complexity index is 1090. The molecular formula is C20H14ClNO3. The average Bonchev–Trinajstić information content (AvgIpc) is 3.21. The van der Waals surface area contributed by atoms with Crippen molar-refractivity contribution in [3.8, 4) is 22.7 Å². The van der Waals surface area contributed by atoms with Gasteiger partial charge in [0.2, 0.25) is 0 Å². The van der Waals surface area contributed by atoms with Gasteiger partial charge in [-0.2, -0.15) is 0 Å². The number of rotatable bonds is 3. The normalized spacial score (nSPS) is 11.1. The van der Waals surface area contributed by atoms with E-state index in [-0.39, 0.29) is 5.56 Å². The third kappa shape index (κ3) is 2.81. The Balaban J connectivity index is 1.71. The maximum Gasteiger partial charge on any atom is 0.335 e. The molecule has 0 saturated carbocycles. The molecular weight excluding hydrogens is 338 g/mol. The lowest BCUT2D eigenvalue weighted by Crippen LogP contribution is -1.94. The largest absolute Gasteiger partial charge is 0.478 e. The fraction of sp³-hybridized carbons (Fsp3) is 0.0500. The molecule has 2 heterocycles. The number of hydrogen-bond donors (Lipinski definition) is 2. The van der Waals surface area contributed by atoms with Crippen LogP contribution >= 0.6 is 11.6 Å². The van der Waals surface area contributed by atoms with Gasteiger partial charge in [-0.3, -0.25) is 0 Å². The minimum absolute atomic E-state index is 0.262. The van der Waals surface area contributed by atoms with Crippen molar-refractivity contribution in [3.05, 3.63) is 70.7 Å². The number of fused-ring (bicyclic) bond motifs is 1. The molecule has 2 N–H and O–H groups in total. The van der Waals surface area contributed by atoms with E-state index in [0.717, 1.165) is 27.9 Å². The first-order valence-corrected chi connectivity index (χ1v) is 8.12. The van der Waals surface area contributed by atoms with Gasteiger partial charge in [-0.15, -0.1) is 0 Å². The van der Waals surface area contributed by atoms with Crippen molar-refractivity contribution in [2.75, 3.05) is 0 Å². The van der Waals surface area contributed by atoms with E-state index >= 15 is 0 Å². The second-order valence-electron chi connectivity index (χ2n) is 5.94. The van der Waals surface area contributed by atoms with Crippen LogP contribution in [0.4, 0.5) is 0 Å². The van der Waals surface area contributed by atoms with E-state index < -0.39 is 5.97 Å². The molecule has 0 saturated heterocycles. The van der Waals surface area contributed by atoms with E-state index in [0.29, 0.717) is 16.4 Å². The molecule has 0 fully saturated rings. The fourth-order valence-corrected chi connectivity index (χ4v) is 3.20. The van der Waals surface area contributed by atoms with Gasteiger partial charge in [-0.25, -0.2) is 4.79 Å². The molecule has 0 unspecified atom stereocenters. The van der Waals surface area contributed by atoms with E-state index in [1.807, 2.05) is 37.3 Å². The van der Waals surface area contributed by atoms with Crippen LogP contribution in [-0.4, -0.2) is 16.1 Å². The molecule has 4 nitrogen and oxygen atoms in total. The summed E-state index contributed by atoms with van der Waals surface area (Å²) >= 11 is 6.25. The van der Waals surface area contributed by atoms with Crippen molar-refractivity contribution in [1.82, 2.24) is 4.98 Å². The molecule has 5 heteroatoms. The summed E-state index contributed by atoms with van der Waals surface area (Å²) in [6.07, 6.45) is 0. The first-order chi connectivity index (χ1) is 12.0. The Hall–Kier alpha value is -2.98. The van der Waals surface area contributed by atoms with Crippen molar-refractivity contribution in [3.63, 3.8) is 0 Å². The highest BCUT2D eigenvalue weighted by molar-refractivity contribution is 6.35. The molecule has 4 aromatic rings. The molecule has 25 heavy (non-hydrogen) atoms. The number of aromatic carboxylic acids is 1. The maximum atomic E-state index is 10.9. The van der Waals surface area contributed by atoms with Crippen LogP contribution in [0, 0.1) is 6.92 Å². The molecule has 0 aliphatic carbocycles. The van der Waals surface area contributed by atoms with Crippen molar-refractivity contribution in [2.24, 2.45) is 0 Å². The van der Waals surface area contributed by atoms with E-state index in [9.17, 15) is 4.79 Å². The highest BCUT2D eigenvalue weighted by atomic mass is 35.5.